The smallest absolute Gasteiger partial charge is 0.323 e. The molecule has 26 heavy (non-hydrogen) atoms. The predicted molar refractivity (Wildman–Crippen MR) is 79.7 cm³/mol. The number of nitriles is 1. The van der Waals surface area contributed by atoms with Gasteiger partial charge in [-0.3, -0.25) is 9.36 Å². The van der Waals surface area contributed by atoms with E-state index < -0.39 is 17.6 Å². The standard InChI is InChI=1S/C14H9F3N8O/c15-14(16,17)9-1-2-11(25-7-19-6-21-25)10(3-9)22-13(26)5-24-8-20-23-12(24)4-18/h1-3,6-8H,5H2,(H,22,26). The van der Waals surface area contributed by atoms with Crippen molar-refractivity contribution in [3.63, 3.8) is 0 Å². The Hall–Kier alpha value is -3.75. The average Bonchev–Trinajstić information content (AvgIpc) is 3.25. The van der Waals surface area contributed by atoms with E-state index in [1.807, 2.05) is 0 Å². The van der Waals surface area contributed by atoms with Crippen molar-refractivity contribution in [1.29, 1.82) is 5.26 Å². The van der Waals surface area contributed by atoms with Gasteiger partial charge in [-0.15, -0.1) is 10.2 Å². The summed E-state index contributed by atoms with van der Waals surface area (Å²) in [5.74, 6) is -0.761. The molecule has 132 valence electrons. The van der Waals surface area contributed by atoms with Crippen LogP contribution in [0.2, 0.25) is 0 Å². The number of halogens is 3. The van der Waals surface area contributed by atoms with E-state index in [9.17, 15) is 18.0 Å². The Kier molecular flexibility index (Phi) is 4.36. The third kappa shape index (κ3) is 3.51. The van der Waals surface area contributed by atoms with Gasteiger partial charge in [0.15, 0.2) is 0 Å². The SMILES string of the molecule is N#Cc1nncn1CC(=O)Nc1cc(C(F)(F)F)ccc1-n1cncn1. The highest BCUT2D eigenvalue weighted by molar-refractivity contribution is 5.92. The fourth-order valence-electron chi connectivity index (χ4n) is 2.15. The quantitative estimate of drug-likeness (QED) is 0.750. The Morgan fingerprint density at radius 2 is 2.12 bits per heavy atom. The van der Waals surface area contributed by atoms with Gasteiger partial charge in [0, 0.05) is 0 Å². The van der Waals surface area contributed by atoms with Crippen LogP contribution in [-0.2, 0) is 17.5 Å². The molecule has 3 rings (SSSR count). The summed E-state index contributed by atoms with van der Waals surface area (Å²) >= 11 is 0. The minimum absolute atomic E-state index is 0.0966. The van der Waals surface area contributed by atoms with E-state index in [0.29, 0.717) is 0 Å². The van der Waals surface area contributed by atoms with Crippen LogP contribution in [0.5, 0.6) is 0 Å². The average molecular weight is 362 g/mol. The maximum Gasteiger partial charge on any atom is 0.416 e. The van der Waals surface area contributed by atoms with Crippen LogP contribution in [0.3, 0.4) is 0 Å². The lowest BCUT2D eigenvalue weighted by Gasteiger charge is -2.14. The van der Waals surface area contributed by atoms with Crippen LogP contribution < -0.4 is 5.32 Å². The summed E-state index contributed by atoms with van der Waals surface area (Å²) in [6, 6.07) is 4.59. The second kappa shape index (κ2) is 6.63. The number of carbonyl (C=O) groups excluding carboxylic acids is 1. The first-order valence-electron chi connectivity index (χ1n) is 7.02. The third-order valence-electron chi connectivity index (χ3n) is 3.29. The van der Waals surface area contributed by atoms with Gasteiger partial charge in [0.05, 0.1) is 16.9 Å². The molecular formula is C14H9F3N8O. The van der Waals surface area contributed by atoms with Crippen LogP contribution in [0, 0.1) is 11.3 Å². The van der Waals surface area contributed by atoms with Crippen LogP contribution in [0.15, 0.2) is 37.2 Å². The number of benzene rings is 1. The number of amides is 1. The molecule has 0 aliphatic heterocycles. The Balaban J connectivity index is 1.91. The molecule has 0 saturated carbocycles. The molecule has 0 saturated heterocycles. The summed E-state index contributed by atoms with van der Waals surface area (Å²) in [6.45, 7) is -0.344. The van der Waals surface area contributed by atoms with Crippen LogP contribution in [0.1, 0.15) is 11.4 Å². The largest absolute Gasteiger partial charge is 0.416 e. The number of alkyl halides is 3. The molecule has 0 spiro atoms. The monoisotopic (exact) mass is 362 g/mol. The lowest BCUT2D eigenvalue weighted by molar-refractivity contribution is -0.137. The predicted octanol–water partition coefficient (Wildman–Crippen LogP) is 1.39. The molecule has 0 radical (unpaired) electrons. The third-order valence-corrected chi connectivity index (χ3v) is 3.29. The second-order valence-electron chi connectivity index (χ2n) is 5.01. The molecule has 2 heterocycles. The van der Waals surface area contributed by atoms with Crippen LogP contribution in [-0.4, -0.2) is 35.4 Å². The van der Waals surface area contributed by atoms with Gasteiger partial charge in [0.1, 0.15) is 31.6 Å². The molecule has 2 aromatic heterocycles. The summed E-state index contributed by atoms with van der Waals surface area (Å²) in [4.78, 5) is 15.9. The van der Waals surface area contributed by atoms with E-state index in [1.54, 1.807) is 6.07 Å². The summed E-state index contributed by atoms with van der Waals surface area (Å²) in [6.07, 6.45) is -0.920. The highest BCUT2D eigenvalue weighted by Crippen LogP contribution is 2.33. The summed E-state index contributed by atoms with van der Waals surface area (Å²) in [7, 11) is 0. The molecule has 1 N–H and O–H groups in total. The van der Waals surface area contributed by atoms with Crippen molar-refractivity contribution in [3.05, 3.63) is 48.6 Å². The van der Waals surface area contributed by atoms with Crippen molar-refractivity contribution in [2.24, 2.45) is 0 Å². The van der Waals surface area contributed by atoms with Crippen molar-refractivity contribution in [2.45, 2.75) is 12.7 Å². The zero-order valence-corrected chi connectivity index (χ0v) is 12.8. The topological polar surface area (TPSA) is 114 Å². The van der Waals surface area contributed by atoms with Gasteiger partial charge in [-0.25, -0.2) is 9.67 Å². The zero-order valence-electron chi connectivity index (χ0n) is 12.8. The molecule has 3 aromatic rings. The van der Waals surface area contributed by atoms with Crippen LogP contribution >= 0.6 is 0 Å². The number of rotatable bonds is 4. The fourth-order valence-corrected chi connectivity index (χ4v) is 2.15. The molecule has 1 amide bonds. The molecule has 1 aromatic carbocycles. The van der Waals surface area contributed by atoms with E-state index in [-0.39, 0.29) is 23.7 Å². The highest BCUT2D eigenvalue weighted by Gasteiger charge is 2.31. The van der Waals surface area contributed by atoms with E-state index in [2.05, 4.69) is 25.6 Å². The van der Waals surface area contributed by atoms with Crippen molar-refractivity contribution in [2.75, 3.05) is 5.32 Å². The van der Waals surface area contributed by atoms with Gasteiger partial charge in [0.25, 0.3) is 0 Å². The van der Waals surface area contributed by atoms with E-state index in [1.165, 1.54) is 29.7 Å². The van der Waals surface area contributed by atoms with Gasteiger partial charge in [-0.2, -0.15) is 23.5 Å². The number of carbonyl (C=O) groups is 1. The molecule has 0 unspecified atom stereocenters. The Bertz CT molecular complexity index is 971. The first-order chi connectivity index (χ1) is 12.4. The molecule has 0 aliphatic rings. The minimum atomic E-state index is -4.58. The summed E-state index contributed by atoms with van der Waals surface area (Å²) in [5.41, 5.74) is -0.839. The van der Waals surface area contributed by atoms with E-state index >= 15 is 0 Å². The van der Waals surface area contributed by atoms with Crippen LogP contribution in [0.4, 0.5) is 18.9 Å². The number of hydrogen-bond donors (Lipinski definition) is 1. The first kappa shape index (κ1) is 17.1. The van der Waals surface area contributed by atoms with Gasteiger partial charge < -0.3 is 5.32 Å². The van der Waals surface area contributed by atoms with Crippen molar-refractivity contribution in [3.8, 4) is 11.8 Å². The van der Waals surface area contributed by atoms with Crippen molar-refractivity contribution >= 4 is 11.6 Å². The number of nitrogens with one attached hydrogen (secondary N) is 1. The number of hydrogen-bond acceptors (Lipinski definition) is 6. The van der Waals surface area contributed by atoms with Gasteiger partial charge in [-0.1, -0.05) is 0 Å². The number of anilines is 1. The Morgan fingerprint density at radius 1 is 1.31 bits per heavy atom. The molecule has 12 heteroatoms. The molecule has 0 atom stereocenters. The van der Waals surface area contributed by atoms with Crippen LogP contribution in [0.25, 0.3) is 5.69 Å². The fraction of sp³-hybridized carbons (Fsp3) is 0.143. The summed E-state index contributed by atoms with van der Waals surface area (Å²) in [5, 5.41) is 22.1. The van der Waals surface area contributed by atoms with Gasteiger partial charge >= 0.3 is 6.18 Å². The zero-order chi connectivity index (χ0) is 18.7. The lowest BCUT2D eigenvalue weighted by atomic mass is 10.1. The minimum Gasteiger partial charge on any atom is -0.323 e. The maximum atomic E-state index is 13.0. The normalized spacial score (nSPS) is 11.2. The van der Waals surface area contributed by atoms with Gasteiger partial charge in [0.2, 0.25) is 11.7 Å². The summed E-state index contributed by atoms with van der Waals surface area (Å²) < 4.78 is 41.3. The maximum absolute atomic E-state index is 13.0. The van der Waals surface area contributed by atoms with Gasteiger partial charge in [-0.05, 0) is 18.2 Å². The molecule has 0 bridgehead atoms. The van der Waals surface area contributed by atoms with Crippen molar-refractivity contribution in [1.82, 2.24) is 29.5 Å². The molecule has 0 aliphatic carbocycles. The lowest BCUT2D eigenvalue weighted by Crippen LogP contribution is -2.21. The molecular weight excluding hydrogens is 353 g/mol. The first-order valence-corrected chi connectivity index (χ1v) is 7.02. The number of nitrogens with zero attached hydrogens (tertiary/aromatic N) is 7. The Labute approximate surface area is 143 Å². The Morgan fingerprint density at radius 3 is 2.77 bits per heavy atom. The van der Waals surface area contributed by atoms with Crippen molar-refractivity contribution < 1.29 is 18.0 Å². The van der Waals surface area contributed by atoms with E-state index in [4.69, 9.17) is 5.26 Å². The number of aromatic nitrogens is 6. The molecule has 9 nitrogen and oxygen atoms in total. The molecule has 0 fully saturated rings. The second-order valence-corrected chi connectivity index (χ2v) is 5.01. The highest BCUT2D eigenvalue weighted by atomic mass is 19.4. The van der Waals surface area contributed by atoms with E-state index in [0.717, 1.165) is 16.7 Å².